The Bertz CT molecular complexity index is 627. The van der Waals surface area contributed by atoms with Gasteiger partial charge in [-0.1, -0.05) is 59.6 Å². The van der Waals surface area contributed by atoms with Crippen molar-refractivity contribution >= 4 is 35.6 Å². The first kappa shape index (κ1) is 16.6. The van der Waals surface area contributed by atoms with Crippen molar-refractivity contribution in [2.45, 2.75) is 24.8 Å². The number of hydrogen-bond acceptors (Lipinski definition) is 1. The quantitative estimate of drug-likeness (QED) is 0.749. The fourth-order valence-corrected chi connectivity index (χ4v) is 3.64. The number of benzene rings is 2. The van der Waals surface area contributed by atoms with Gasteiger partial charge in [-0.05, 0) is 42.6 Å². The lowest BCUT2D eigenvalue weighted by molar-refractivity contribution is 0.471. The first-order valence-corrected chi connectivity index (χ1v) is 7.68. The third-order valence-electron chi connectivity index (χ3n) is 4.20. The summed E-state index contributed by atoms with van der Waals surface area (Å²) in [6.07, 6.45) is 2.20. The number of rotatable bonds is 2. The Morgan fingerprint density at radius 2 is 1.57 bits per heavy atom. The van der Waals surface area contributed by atoms with E-state index in [4.69, 9.17) is 23.2 Å². The second-order valence-electron chi connectivity index (χ2n) is 5.24. The molecular formula is C17H18Cl3N. The van der Waals surface area contributed by atoms with E-state index in [9.17, 15) is 0 Å². The monoisotopic (exact) mass is 341 g/mol. The molecule has 0 bridgehead atoms. The van der Waals surface area contributed by atoms with Crippen LogP contribution in [-0.4, -0.2) is 7.05 Å². The van der Waals surface area contributed by atoms with E-state index >= 15 is 0 Å². The molecule has 0 unspecified atom stereocenters. The second-order valence-corrected chi connectivity index (χ2v) is 6.03. The topological polar surface area (TPSA) is 12.0 Å². The van der Waals surface area contributed by atoms with Crippen LogP contribution in [0, 0.1) is 0 Å². The molecule has 0 fully saturated rings. The van der Waals surface area contributed by atoms with Crippen LogP contribution in [0.4, 0.5) is 0 Å². The molecule has 0 saturated carbocycles. The average Bonchev–Trinajstić information content (AvgIpc) is 2.49. The SMILES string of the molecule is CN[C@H]1CC[C@H](c2cccc(Cl)c2Cl)c2ccccc21.Cl. The van der Waals surface area contributed by atoms with E-state index < -0.39 is 0 Å². The standard InChI is InChI=1S/C17H17Cl2N.ClH/c1-20-16-10-9-12(11-5-2-3-6-13(11)16)14-7-4-8-15(18)17(14)19;/h2-8,12,16,20H,9-10H2,1H3;1H/t12-,16-;/m0./s1. The predicted molar refractivity (Wildman–Crippen MR) is 93.0 cm³/mol. The number of fused-ring (bicyclic) bond motifs is 1. The molecule has 1 aliphatic rings. The molecule has 1 N–H and O–H groups in total. The maximum Gasteiger partial charge on any atom is 0.0630 e. The molecule has 2 aromatic carbocycles. The Morgan fingerprint density at radius 3 is 2.29 bits per heavy atom. The Kier molecular flexibility index (Phi) is 5.56. The second kappa shape index (κ2) is 7.02. The zero-order chi connectivity index (χ0) is 14.1. The highest BCUT2D eigenvalue weighted by Crippen LogP contribution is 2.44. The molecule has 0 aromatic heterocycles. The van der Waals surface area contributed by atoms with Crippen LogP contribution < -0.4 is 5.32 Å². The molecule has 1 nitrogen and oxygen atoms in total. The van der Waals surface area contributed by atoms with Crippen LogP contribution in [0.2, 0.25) is 10.0 Å². The fourth-order valence-electron chi connectivity index (χ4n) is 3.20. The number of halogens is 3. The lowest BCUT2D eigenvalue weighted by atomic mass is 9.77. The van der Waals surface area contributed by atoms with Crippen molar-refractivity contribution in [3.8, 4) is 0 Å². The predicted octanol–water partition coefficient (Wildman–Crippen LogP) is 5.60. The molecule has 0 heterocycles. The lowest BCUT2D eigenvalue weighted by Crippen LogP contribution is -2.24. The summed E-state index contributed by atoms with van der Waals surface area (Å²) in [6, 6.07) is 15.0. The van der Waals surface area contributed by atoms with Gasteiger partial charge in [-0.15, -0.1) is 12.4 Å². The third-order valence-corrected chi connectivity index (χ3v) is 5.03. The summed E-state index contributed by atoms with van der Waals surface area (Å²) in [6.45, 7) is 0. The summed E-state index contributed by atoms with van der Waals surface area (Å²) in [4.78, 5) is 0. The Labute approximate surface area is 142 Å². The summed E-state index contributed by atoms with van der Waals surface area (Å²) in [5.74, 6) is 0.335. The minimum absolute atomic E-state index is 0. The molecule has 2 aromatic rings. The van der Waals surface area contributed by atoms with Gasteiger partial charge < -0.3 is 5.32 Å². The van der Waals surface area contributed by atoms with E-state index in [0.29, 0.717) is 22.0 Å². The van der Waals surface area contributed by atoms with Gasteiger partial charge in [0.25, 0.3) is 0 Å². The largest absolute Gasteiger partial charge is 0.313 e. The van der Waals surface area contributed by atoms with Gasteiger partial charge in [-0.3, -0.25) is 0 Å². The van der Waals surface area contributed by atoms with Crippen molar-refractivity contribution in [1.82, 2.24) is 5.32 Å². The minimum atomic E-state index is 0. The maximum absolute atomic E-state index is 6.42. The average molecular weight is 343 g/mol. The smallest absolute Gasteiger partial charge is 0.0630 e. The summed E-state index contributed by atoms with van der Waals surface area (Å²) in [7, 11) is 2.02. The molecule has 1 aliphatic carbocycles. The van der Waals surface area contributed by atoms with Crippen molar-refractivity contribution in [2.75, 3.05) is 7.05 Å². The van der Waals surface area contributed by atoms with Gasteiger partial charge >= 0.3 is 0 Å². The zero-order valence-electron chi connectivity index (χ0n) is 11.8. The van der Waals surface area contributed by atoms with Crippen molar-refractivity contribution < 1.29 is 0 Å². The molecule has 0 radical (unpaired) electrons. The van der Waals surface area contributed by atoms with Gasteiger partial charge in [-0.25, -0.2) is 0 Å². The molecule has 0 saturated heterocycles. The Hall–Kier alpha value is -0.730. The first-order valence-electron chi connectivity index (χ1n) is 6.92. The third kappa shape index (κ3) is 3.07. The van der Waals surface area contributed by atoms with Crippen LogP contribution in [0.3, 0.4) is 0 Å². The minimum Gasteiger partial charge on any atom is -0.313 e. The molecule has 0 spiro atoms. The fraction of sp³-hybridized carbons (Fsp3) is 0.294. The lowest BCUT2D eigenvalue weighted by Gasteiger charge is -2.32. The van der Waals surface area contributed by atoms with Gasteiger partial charge in [0.05, 0.1) is 10.0 Å². The van der Waals surface area contributed by atoms with Crippen molar-refractivity contribution in [3.05, 3.63) is 69.2 Å². The van der Waals surface area contributed by atoms with Crippen molar-refractivity contribution in [2.24, 2.45) is 0 Å². The summed E-state index contributed by atoms with van der Waals surface area (Å²) < 4.78 is 0. The van der Waals surface area contributed by atoms with Crippen LogP contribution in [0.25, 0.3) is 0 Å². The maximum atomic E-state index is 6.42. The molecular weight excluding hydrogens is 325 g/mol. The molecule has 0 aliphatic heterocycles. The van der Waals surface area contributed by atoms with E-state index in [1.54, 1.807) is 0 Å². The van der Waals surface area contributed by atoms with Crippen LogP contribution in [-0.2, 0) is 0 Å². The molecule has 2 atom stereocenters. The highest BCUT2D eigenvalue weighted by atomic mass is 35.5. The van der Waals surface area contributed by atoms with E-state index in [0.717, 1.165) is 18.4 Å². The van der Waals surface area contributed by atoms with E-state index in [2.05, 4.69) is 35.6 Å². The van der Waals surface area contributed by atoms with Crippen LogP contribution in [0.15, 0.2) is 42.5 Å². The summed E-state index contributed by atoms with van der Waals surface area (Å²) in [5.41, 5.74) is 3.88. The Morgan fingerprint density at radius 1 is 0.905 bits per heavy atom. The van der Waals surface area contributed by atoms with Crippen LogP contribution >= 0.6 is 35.6 Å². The highest BCUT2D eigenvalue weighted by Gasteiger charge is 2.28. The van der Waals surface area contributed by atoms with Gasteiger partial charge in [0.2, 0.25) is 0 Å². The van der Waals surface area contributed by atoms with Crippen LogP contribution in [0.5, 0.6) is 0 Å². The highest BCUT2D eigenvalue weighted by molar-refractivity contribution is 6.42. The van der Waals surface area contributed by atoms with Crippen molar-refractivity contribution in [1.29, 1.82) is 0 Å². The normalized spacial score (nSPS) is 20.5. The van der Waals surface area contributed by atoms with Crippen LogP contribution in [0.1, 0.15) is 41.5 Å². The summed E-state index contributed by atoms with van der Waals surface area (Å²) >= 11 is 12.6. The first-order chi connectivity index (χ1) is 9.72. The molecule has 21 heavy (non-hydrogen) atoms. The van der Waals surface area contributed by atoms with Gasteiger partial charge in [0.15, 0.2) is 0 Å². The van der Waals surface area contributed by atoms with Gasteiger partial charge in [0, 0.05) is 12.0 Å². The van der Waals surface area contributed by atoms with E-state index in [1.165, 1.54) is 11.1 Å². The zero-order valence-corrected chi connectivity index (χ0v) is 14.1. The Balaban J connectivity index is 0.00000161. The molecule has 4 heteroatoms. The van der Waals surface area contributed by atoms with E-state index in [-0.39, 0.29) is 12.4 Å². The number of nitrogens with one attached hydrogen (secondary N) is 1. The molecule has 0 amide bonds. The van der Waals surface area contributed by atoms with Crippen molar-refractivity contribution in [3.63, 3.8) is 0 Å². The summed E-state index contributed by atoms with van der Waals surface area (Å²) in [5, 5.41) is 4.73. The van der Waals surface area contributed by atoms with E-state index in [1.807, 2.05) is 19.2 Å². The van der Waals surface area contributed by atoms with Gasteiger partial charge in [0.1, 0.15) is 0 Å². The number of hydrogen-bond donors (Lipinski definition) is 1. The van der Waals surface area contributed by atoms with Gasteiger partial charge in [-0.2, -0.15) is 0 Å². The molecule has 3 rings (SSSR count). The molecule has 112 valence electrons.